The second kappa shape index (κ2) is 8.75. The number of halogens is 3. The number of hydrogen-bond donors (Lipinski definition) is 0. The van der Waals surface area contributed by atoms with Crippen LogP contribution in [0.25, 0.3) is 0 Å². The first-order valence-electron chi connectivity index (χ1n) is 9.84. The molecule has 0 bridgehead atoms. The highest BCUT2D eigenvalue weighted by Crippen LogP contribution is 2.35. The van der Waals surface area contributed by atoms with Crippen molar-refractivity contribution in [2.75, 3.05) is 0 Å². The molecule has 0 radical (unpaired) electrons. The highest BCUT2D eigenvalue weighted by Gasteiger charge is 2.25. The van der Waals surface area contributed by atoms with E-state index in [9.17, 15) is 13.2 Å². The van der Waals surface area contributed by atoms with E-state index in [-0.39, 0.29) is 11.7 Å². The van der Waals surface area contributed by atoms with Crippen molar-refractivity contribution < 1.29 is 13.2 Å². The van der Waals surface area contributed by atoms with E-state index >= 15 is 0 Å². The fourth-order valence-corrected chi connectivity index (χ4v) is 4.04. The molecule has 0 aliphatic heterocycles. The van der Waals surface area contributed by atoms with Crippen molar-refractivity contribution >= 4 is 0 Å². The summed E-state index contributed by atoms with van der Waals surface area (Å²) in [6.07, 6.45) is 8.63. The Morgan fingerprint density at radius 1 is 0.923 bits per heavy atom. The molecule has 2 aromatic rings. The zero-order valence-electron chi connectivity index (χ0n) is 15.5. The van der Waals surface area contributed by atoms with E-state index in [4.69, 9.17) is 0 Å². The van der Waals surface area contributed by atoms with Crippen LogP contribution < -0.4 is 0 Å². The lowest BCUT2D eigenvalue weighted by Gasteiger charge is -2.26. The molecule has 1 unspecified atom stereocenters. The Balaban J connectivity index is 1.65. The first-order valence-corrected chi connectivity index (χ1v) is 9.84. The molecule has 3 rings (SSSR count). The lowest BCUT2D eigenvalue weighted by Crippen LogP contribution is -2.16. The normalized spacial score (nSPS) is 16.5. The van der Waals surface area contributed by atoms with Crippen LogP contribution in [0.5, 0.6) is 0 Å². The first kappa shape index (κ1) is 19.0. The lowest BCUT2D eigenvalue weighted by molar-refractivity contribution is 0.472. The number of unbranched alkanes of at least 4 members (excludes halogenated alkanes) is 4. The third-order valence-corrected chi connectivity index (χ3v) is 5.58. The van der Waals surface area contributed by atoms with Crippen LogP contribution in [0, 0.1) is 17.5 Å². The van der Waals surface area contributed by atoms with E-state index < -0.39 is 11.6 Å². The standard InChI is InChI=1S/C23H27F3/c1-2-3-4-5-6-7-16-8-11-19(22(25)14-16)17-9-12-20-18(15-17)10-13-21(24)23(20)26/h8,10-11,13-14,17H,2-7,9,12,15H2,1H3. The Labute approximate surface area is 154 Å². The SMILES string of the molecule is CCCCCCCc1ccc(C2CCc3c(ccc(F)c3F)C2)c(F)c1. The van der Waals surface area contributed by atoms with Gasteiger partial charge in [-0.1, -0.05) is 50.8 Å². The smallest absolute Gasteiger partial charge is 0.162 e. The Morgan fingerprint density at radius 3 is 2.50 bits per heavy atom. The average Bonchev–Trinajstić information content (AvgIpc) is 2.64. The molecule has 0 nitrogen and oxygen atoms in total. The lowest BCUT2D eigenvalue weighted by atomic mass is 9.79. The summed E-state index contributed by atoms with van der Waals surface area (Å²) in [6.45, 7) is 2.20. The van der Waals surface area contributed by atoms with Gasteiger partial charge in [0.15, 0.2) is 11.6 Å². The zero-order chi connectivity index (χ0) is 18.5. The Hall–Kier alpha value is -1.77. The Morgan fingerprint density at radius 2 is 1.73 bits per heavy atom. The zero-order valence-corrected chi connectivity index (χ0v) is 15.5. The highest BCUT2D eigenvalue weighted by atomic mass is 19.2. The fourth-order valence-electron chi connectivity index (χ4n) is 4.04. The van der Waals surface area contributed by atoms with Crippen molar-refractivity contribution in [2.45, 2.75) is 70.6 Å². The maximum atomic E-state index is 14.6. The van der Waals surface area contributed by atoms with Crippen LogP contribution >= 0.6 is 0 Å². The van der Waals surface area contributed by atoms with Crippen LogP contribution in [-0.4, -0.2) is 0 Å². The molecule has 0 saturated heterocycles. The molecule has 0 heterocycles. The van der Waals surface area contributed by atoms with Gasteiger partial charge in [-0.15, -0.1) is 0 Å². The van der Waals surface area contributed by atoms with Gasteiger partial charge in [0.1, 0.15) is 5.82 Å². The van der Waals surface area contributed by atoms with Gasteiger partial charge < -0.3 is 0 Å². The van der Waals surface area contributed by atoms with Gasteiger partial charge in [-0.05, 0) is 72.4 Å². The van der Waals surface area contributed by atoms with Crippen molar-refractivity contribution in [2.24, 2.45) is 0 Å². The van der Waals surface area contributed by atoms with Crippen molar-refractivity contribution in [1.82, 2.24) is 0 Å². The van der Waals surface area contributed by atoms with E-state index in [0.717, 1.165) is 24.0 Å². The molecule has 0 N–H and O–H groups in total. The molecule has 3 heteroatoms. The number of fused-ring (bicyclic) bond motifs is 1. The molecule has 1 aliphatic rings. The van der Waals surface area contributed by atoms with E-state index in [1.165, 1.54) is 31.7 Å². The van der Waals surface area contributed by atoms with Gasteiger partial charge in [0.05, 0.1) is 0 Å². The fraction of sp³-hybridized carbons (Fsp3) is 0.478. The van der Waals surface area contributed by atoms with Crippen molar-refractivity contribution in [3.05, 3.63) is 70.0 Å². The van der Waals surface area contributed by atoms with E-state index in [1.54, 1.807) is 12.1 Å². The molecule has 1 aliphatic carbocycles. The second-order valence-electron chi connectivity index (χ2n) is 7.46. The molecule has 0 amide bonds. The average molecular weight is 360 g/mol. The Bertz CT molecular complexity index is 751. The molecule has 0 spiro atoms. The summed E-state index contributed by atoms with van der Waals surface area (Å²) in [5, 5.41) is 0. The third kappa shape index (κ3) is 4.31. The van der Waals surface area contributed by atoms with Crippen LogP contribution in [0.2, 0.25) is 0 Å². The quantitative estimate of drug-likeness (QED) is 0.472. The van der Waals surface area contributed by atoms with Crippen LogP contribution in [0.4, 0.5) is 13.2 Å². The molecular formula is C23H27F3. The number of benzene rings is 2. The minimum absolute atomic E-state index is 0.0333. The van der Waals surface area contributed by atoms with Crippen LogP contribution in [-0.2, 0) is 19.3 Å². The number of hydrogen-bond acceptors (Lipinski definition) is 0. The summed E-state index contributed by atoms with van der Waals surface area (Å²) < 4.78 is 41.9. The van der Waals surface area contributed by atoms with Crippen LogP contribution in [0.3, 0.4) is 0 Å². The summed E-state index contributed by atoms with van der Waals surface area (Å²) >= 11 is 0. The monoisotopic (exact) mass is 360 g/mol. The number of rotatable bonds is 7. The van der Waals surface area contributed by atoms with Gasteiger partial charge in [0, 0.05) is 0 Å². The van der Waals surface area contributed by atoms with Gasteiger partial charge >= 0.3 is 0 Å². The predicted octanol–water partition coefficient (Wildman–Crippen LogP) is 6.89. The minimum Gasteiger partial charge on any atom is -0.207 e. The second-order valence-corrected chi connectivity index (χ2v) is 7.46. The molecule has 0 aromatic heterocycles. The van der Waals surface area contributed by atoms with Gasteiger partial charge in [0.2, 0.25) is 0 Å². The van der Waals surface area contributed by atoms with Crippen molar-refractivity contribution in [3.8, 4) is 0 Å². The summed E-state index contributed by atoms with van der Waals surface area (Å²) in [4.78, 5) is 0. The van der Waals surface area contributed by atoms with E-state index in [2.05, 4.69) is 6.92 Å². The Kier molecular flexibility index (Phi) is 6.39. The maximum absolute atomic E-state index is 14.6. The van der Waals surface area contributed by atoms with Gasteiger partial charge in [-0.3, -0.25) is 0 Å². The summed E-state index contributed by atoms with van der Waals surface area (Å²) in [5.74, 6) is -1.66. The topological polar surface area (TPSA) is 0 Å². The maximum Gasteiger partial charge on any atom is 0.162 e. The van der Waals surface area contributed by atoms with Crippen molar-refractivity contribution in [3.63, 3.8) is 0 Å². The van der Waals surface area contributed by atoms with Gasteiger partial charge in [0.25, 0.3) is 0 Å². The highest BCUT2D eigenvalue weighted by molar-refractivity contribution is 5.36. The van der Waals surface area contributed by atoms with Gasteiger partial charge in [-0.25, -0.2) is 13.2 Å². The minimum atomic E-state index is -0.795. The largest absolute Gasteiger partial charge is 0.207 e. The van der Waals surface area contributed by atoms with E-state index in [0.29, 0.717) is 30.4 Å². The predicted molar refractivity (Wildman–Crippen MR) is 100.0 cm³/mol. The summed E-state index contributed by atoms with van der Waals surface area (Å²) in [6, 6.07) is 8.40. The van der Waals surface area contributed by atoms with Crippen LogP contribution in [0.15, 0.2) is 30.3 Å². The molecule has 0 saturated carbocycles. The van der Waals surface area contributed by atoms with Crippen LogP contribution in [0.1, 0.15) is 73.6 Å². The van der Waals surface area contributed by atoms with E-state index in [1.807, 2.05) is 12.1 Å². The van der Waals surface area contributed by atoms with Gasteiger partial charge in [-0.2, -0.15) is 0 Å². The van der Waals surface area contributed by atoms with Crippen molar-refractivity contribution in [1.29, 1.82) is 0 Å². The number of aryl methyl sites for hydroxylation is 1. The molecular weight excluding hydrogens is 333 g/mol. The molecule has 2 aromatic carbocycles. The summed E-state index contributed by atoms with van der Waals surface area (Å²) in [7, 11) is 0. The molecule has 26 heavy (non-hydrogen) atoms. The third-order valence-electron chi connectivity index (χ3n) is 5.58. The molecule has 140 valence electrons. The molecule has 1 atom stereocenters. The molecule has 0 fully saturated rings. The first-order chi connectivity index (χ1) is 12.6. The summed E-state index contributed by atoms with van der Waals surface area (Å²) in [5.41, 5.74) is 3.02.